The van der Waals surface area contributed by atoms with Crippen molar-refractivity contribution < 1.29 is 9.18 Å². The Kier molecular flexibility index (Phi) is 4.44. The van der Waals surface area contributed by atoms with Crippen molar-refractivity contribution in [2.75, 3.05) is 5.32 Å². The molecular formula is C18H14ClFN2O. The van der Waals surface area contributed by atoms with Crippen LogP contribution in [-0.4, -0.2) is 10.5 Å². The number of benzene rings is 2. The number of amides is 1. The lowest BCUT2D eigenvalue weighted by Gasteiger charge is -2.19. The van der Waals surface area contributed by atoms with E-state index in [0.717, 1.165) is 5.56 Å². The van der Waals surface area contributed by atoms with Crippen LogP contribution in [0.15, 0.2) is 73.1 Å². The maximum absolute atomic E-state index is 13.2. The Hall–Kier alpha value is -2.59. The number of aromatic nitrogens is 1. The molecule has 2 aromatic carbocycles. The first-order chi connectivity index (χ1) is 11.1. The highest BCUT2D eigenvalue weighted by molar-refractivity contribution is 6.31. The molecule has 23 heavy (non-hydrogen) atoms. The zero-order valence-corrected chi connectivity index (χ0v) is 12.9. The summed E-state index contributed by atoms with van der Waals surface area (Å²) in [5.41, 5.74) is 1.31. The second-order valence-corrected chi connectivity index (χ2v) is 5.47. The van der Waals surface area contributed by atoms with Crippen LogP contribution < -0.4 is 5.32 Å². The zero-order valence-electron chi connectivity index (χ0n) is 12.1. The number of hydrogen-bond donors (Lipinski definition) is 1. The van der Waals surface area contributed by atoms with E-state index in [4.69, 9.17) is 11.6 Å². The molecule has 1 amide bonds. The normalized spacial score (nSPS) is 11.9. The van der Waals surface area contributed by atoms with Crippen molar-refractivity contribution in [3.05, 3.63) is 89.5 Å². The molecule has 1 heterocycles. The fourth-order valence-corrected chi connectivity index (χ4v) is 2.58. The lowest BCUT2D eigenvalue weighted by Crippen LogP contribution is -2.26. The van der Waals surface area contributed by atoms with E-state index < -0.39 is 11.9 Å². The standard InChI is InChI=1S/C18H14ClFN2O/c19-15-12-14(8-9-16(15)20)21-18(23)17(22-10-4-5-11-22)13-6-2-1-3-7-13/h1-12,17H,(H,21,23)/t17-/m0/s1. The van der Waals surface area contributed by atoms with Crippen molar-refractivity contribution in [1.82, 2.24) is 4.57 Å². The van der Waals surface area contributed by atoms with Gasteiger partial charge in [-0.15, -0.1) is 0 Å². The van der Waals surface area contributed by atoms with Gasteiger partial charge in [0.05, 0.1) is 5.02 Å². The topological polar surface area (TPSA) is 34.0 Å². The van der Waals surface area contributed by atoms with Gasteiger partial charge in [-0.05, 0) is 35.9 Å². The van der Waals surface area contributed by atoms with Crippen molar-refractivity contribution in [2.45, 2.75) is 6.04 Å². The summed E-state index contributed by atoms with van der Waals surface area (Å²) < 4.78 is 15.0. The van der Waals surface area contributed by atoms with E-state index in [1.165, 1.54) is 18.2 Å². The minimum Gasteiger partial charge on any atom is -0.338 e. The Labute approximate surface area is 138 Å². The third-order valence-electron chi connectivity index (χ3n) is 3.48. The maximum atomic E-state index is 13.2. The number of carbonyl (C=O) groups is 1. The largest absolute Gasteiger partial charge is 0.338 e. The van der Waals surface area contributed by atoms with Crippen LogP contribution in [0, 0.1) is 5.82 Å². The minimum atomic E-state index is -0.519. The highest BCUT2D eigenvalue weighted by Crippen LogP contribution is 2.23. The molecule has 3 aromatic rings. The molecule has 0 spiro atoms. The van der Waals surface area contributed by atoms with E-state index in [2.05, 4.69) is 5.32 Å². The van der Waals surface area contributed by atoms with Crippen LogP contribution in [0.4, 0.5) is 10.1 Å². The van der Waals surface area contributed by atoms with Gasteiger partial charge in [-0.25, -0.2) is 4.39 Å². The van der Waals surface area contributed by atoms with Crippen LogP contribution in [-0.2, 0) is 4.79 Å². The van der Waals surface area contributed by atoms with E-state index in [9.17, 15) is 9.18 Å². The lowest BCUT2D eigenvalue weighted by atomic mass is 10.1. The lowest BCUT2D eigenvalue weighted by molar-refractivity contribution is -0.118. The smallest absolute Gasteiger partial charge is 0.252 e. The summed E-state index contributed by atoms with van der Waals surface area (Å²) in [6, 6.07) is 16.7. The fraction of sp³-hybridized carbons (Fsp3) is 0.0556. The molecule has 1 N–H and O–H groups in total. The predicted molar refractivity (Wildman–Crippen MR) is 89.1 cm³/mol. The van der Waals surface area contributed by atoms with Crippen molar-refractivity contribution >= 4 is 23.2 Å². The van der Waals surface area contributed by atoms with Gasteiger partial charge < -0.3 is 9.88 Å². The molecule has 0 aliphatic heterocycles. The number of carbonyl (C=O) groups excluding carboxylic acids is 1. The first-order valence-corrected chi connectivity index (χ1v) is 7.46. The van der Waals surface area contributed by atoms with Gasteiger partial charge in [0.15, 0.2) is 0 Å². The molecule has 0 saturated carbocycles. The molecule has 1 atom stereocenters. The van der Waals surface area contributed by atoms with E-state index >= 15 is 0 Å². The minimum absolute atomic E-state index is 0.0278. The SMILES string of the molecule is O=C(Nc1ccc(F)c(Cl)c1)[C@H](c1ccccc1)n1cccc1. The average molecular weight is 329 g/mol. The highest BCUT2D eigenvalue weighted by Gasteiger charge is 2.22. The summed E-state index contributed by atoms with van der Waals surface area (Å²) in [6.45, 7) is 0. The highest BCUT2D eigenvalue weighted by atomic mass is 35.5. The van der Waals surface area contributed by atoms with Crippen LogP contribution >= 0.6 is 11.6 Å². The first-order valence-electron chi connectivity index (χ1n) is 7.08. The van der Waals surface area contributed by atoms with Gasteiger partial charge in [0.2, 0.25) is 0 Å². The molecule has 5 heteroatoms. The number of anilines is 1. The summed E-state index contributed by atoms with van der Waals surface area (Å²) in [6.07, 6.45) is 3.66. The Bertz CT molecular complexity index is 803. The van der Waals surface area contributed by atoms with E-state index in [0.29, 0.717) is 5.69 Å². The molecular weight excluding hydrogens is 315 g/mol. The molecule has 0 radical (unpaired) electrons. The molecule has 116 valence electrons. The van der Waals surface area contributed by atoms with Crippen LogP contribution in [0.3, 0.4) is 0 Å². The number of nitrogens with zero attached hydrogens (tertiary/aromatic N) is 1. The van der Waals surface area contributed by atoms with Gasteiger partial charge in [-0.1, -0.05) is 41.9 Å². The predicted octanol–water partition coefficient (Wildman–Crippen LogP) is 4.51. The quantitative estimate of drug-likeness (QED) is 0.751. The molecule has 0 saturated heterocycles. The van der Waals surface area contributed by atoms with Crippen LogP contribution in [0.2, 0.25) is 5.02 Å². The van der Waals surface area contributed by atoms with Crippen LogP contribution in [0.5, 0.6) is 0 Å². The van der Waals surface area contributed by atoms with Crippen molar-refractivity contribution in [3.8, 4) is 0 Å². The summed E-state index contributed by atoms with van der Waals surface area (Å²) in [5, 5.41) is 2.76. The molecule has 0 bridgehead atoms. The summed E-state index contributed by atoms with van der Waals surface area (Å²) in [5.74, 6) is -0.746. The molecule has 1 aromatic heterocycles. The summed E-state index contributed by atoms with van der Waals surface area (Å²) >= 11 is 5.76. The second-order valence-electron chi connectivity index (χ2n) is 5.06. The Morgan fingerprint density at radius 3 is 2.39 bits per heavy atom. The van der Waals surface area contributed by atoms with Crippen LogP contribution in [0.25, 0.3) is 0 Å². The fourth-order valence-electron chi connectivity index (χ4n) is 2.40. The molecule has 0 unspecified atom stereocenters. The van der Waals surface area contributed by atoms with Gasteiger partial charge in [-0.3, -0.25) is 4.79 Å². The molecule has 0 aliphatic carbocycles. The molecule has 0 fully saturated rings. The third-order valence-corrected chi connectivity index (χ3v) is 3.77. The average Bonchev–Trinajstić information content (AvgIpc) is 3.06. The van der Waals surface area contributed by atoms with E-state index in [-0.39, 0.29) is 10.9 Å². The van der Waals surface area contributed by atoms with E-state index in [1.807, 2.05) is 59.4 Å². The Morgan fingerprint density at radius 1 is 1.04 bits per heavy atom. The Balaban J connectivity index is 1.90. The number of hydrogen-bond acceptors (Lipinski definition) is 1. The van der Waals surface area contributed by atoms with Gasteiger partial charge in [0.25, 0.3) is 5.91 Å². The summed E-state index contributed by atoms with van der Waals surface area (Å²) in [4.78, 5) is 12.7. The molecule has 0 aliphatic rings. The maximum Gasteiger partial charge on any atom is 0.252 e. The molecule has 3 nitrogen and oxygen atoms in total. The Morgan fingerprint density at radius 2 is 1.74 bits per heavy atom. The molecule has 3 rings (SSSR count). The van der Waals surface area contributed by atoms with Crippen molar-refractivity contribution in [1.29, 1.82) is 0 Å². The monoisotopic (exact) mass is 328 g/mol. The van der Waals surface area contributed by atoms with Crippen LogP contribution in [0.1, 0.15) is 11.6 Å². The zero-order chi connectivity index (χ0) is 16.2. The second kappa shape index (κ2) is 6.67. The third kappa shape index (κ3) is 3.43. The van der Waals surface area contributed by atoms with Gasteiger partial charge in [0.1, 0.15) is 11.9 Å². The van der Waals surface area contributed by atoms with Crippen molar-refractivity contribution in [3.63, 3.8) is 0 Å². The number of rotatable bonds is 4. The first kappa shape index (κ1) is 15.3. The van der Waals surface area contributed by atoms with Gasteiger partial charge in [0, 0.05) is 18.1 Å². The summed E-state index contributed by atoms with van der Waals surface area (Å²) in [7, 11) is 0. The number of halogens is 2. The van der Waals surface area contributed by atoms with E-state index in [1.54, 1.807) is 0 Å². The van der Waals surface area contributed by atoms with Crippen molar-refractivity contribution in [2.24, 2.45) is 0 Å². The van der Waals surface area contributed by atoms with Gasteiger partial charge in [-0.2, -0.15) is 0 Å². The van der Waals surface area contributed by atoms with Gasteiger partial charge >= 0.3 is 0 Å². The number of nitrogens with one attached hydrogen (secondary N) is 1.